The molecule has 168 valence electrons. The summed E-state index contributed by atoms with van der Waals surface area (Å²) in [4.78, 5) is 29.5. The van der Waals surface area contributed by atoms with E-state index < -0.39 is 12.1 Å². The standard InChI is InChI=1S/C27H27N3O3/c28-27(32)30-22-13-6-4-11-20(22)17-25(21-12-5-7-14-23(21)30)33-26(31)24-15-8-16-29(24)18-19-9-2-1-3-10-19/h1-7,9-14,24-25H,8,15-18H2,(H2,28,32)/t24-,25+/m0/s1. The normalized spacial score (nSPS) is 19.9. The lowest BCUT2D eigenvalue weighted by atomic mass is 10.0. The molecule has 3 aromatic carbocycles. The van der Waals surface area contributed by atoms with E-state index in [0.29, 0.717) is 12.1 Å². The largest absolute Gasteiger partial charge is 0.456 e. The molecule has 1 fully saturated rings. The molecule has 6 heteroatoms. The van der Waals surface area contributed by atoms with Gasteiger partial charge in [-0.15, -0.1) is 0 Å². The molecule has 0 bridgehead atoms. The molecule has 0 aromatic heterocycles. The fourth-order valence-electron chi connectivity index (χ4n) is 4.97. The number of carbonyl (C=O) groups is 2. The smallest absolute Gasteiger partial charge is 0.323 e. The van der Waals surface area contributed by atoms with Gasteiger partial charge in [-0.05, 0) is 42.6 Å². The summed E-state index contributed by atoms with van der Waals surface area (Å²) in [5.41, 5.74) is 10.0. The molecule has 2 atom stereocenters. The minimum Gasteiger partial charge on any atom is -0.456 e. The number of carbonyl (C=O) groups excluding carboxylic acids is 2. The highest BCUT2D eigenvalue weighted by Gasteiger charge is 2.36. The van der Waals surface area contributed by atoms with Crippen LogP contribution in [0.4, 0.5) is 16.2 Å². The third-order valence-corrected chi connectivity index (χ3v) is 6.51. The minimum atomic E-state index is -0.563. The molecule has 3 aromatic rings. The first-order valence-electron chi connectivity index (χ1n) is 11.4. The molecule has 2 aliphatic rings. The quantitative estimate of drug-likeness (QED) is 0.595. The van der Waals surface area contributed by atoms with Crippen molar-refractivity contribution in [3.8, 4) is 0 Å². The summed E-state index contributed by atoms with van der Waals surface area (Å²) in [5, 5.41) is 0. The van der Waals surface area contributed by atoms with E-state index >= 15 is 0 Å². The molecule has 0 radical (unpaired) electrons. The lowest BCUT2D eigenvalue weighted by Gasteiger charge is -2.26. The van der Waals surface area contributed by atoms with Crippen LogP contribution in [-0.2, 0) is 22.5 Å². The van der Waals surface area contributed by atoms with Crippen LogP contribution in [0.3, 0.4) is 0 Å². The molecule has 6 nitrogen and oxygen atoms in total. The highest BCUT2D eigenvalue weighted by molar-refractivity contribution is 6.00. The van der Waals surface area contributed by atoms with Gasteiger partial charge < -0.3 is 10.5 Å². The van der Waals surface area contributed by atoms with Gasteiger partial charge in [-0.3, -0.25) is 14.6 Å². The minimum absolute atomic E-state index is 0.215. The van der Waals surface area contributed by atoms with E-state index in [2.05, 4.69) is 17.0 Å². The van der Waals surface area contributed by atoms with Crippen LogP contribution in [-0.4, -0.2) is 29.5 Å². The summed E-state index contributed by atoms with van der Waals surface area (Å²) in [7, 11) is 0. The number of amides is 2. The lowest BCUT2D eigenvalue weighted by Crippen LogP contribution is -2.37. The molecular formula is C27H27N3O3. The number of primary amides is 1. The molecule has 5 rings (SSSR count). The van der Waals surface area contributed by atoms with Gasteiger partial charge in [0.05, 0.1) is 11.4 Å². The number of anilines is 2. The summed E-state index contributed by atoms with van der Waals surface area (Å²) < 4.78 is 6.18. The van der Waals surface area contributed by atoms with Crippen molar-refractivity contribution in [3.63, 3.8) is 0 Å². The van der Waals surface area contributed by atoms with Gasteiger partial charge in [-0.2, -0.15) is 0 Å². The zero-order valence-corrected chi connectivity index (χ0v) is 18.4. The van der Waals surface area contributed by atoms with Crippen molar-refractivity contribution >= 4 is 23.4 Å². The molecule has 2 amide bonds. The first-order valence-corrected chi connectivity index (χ1v) is 11.4. The molecule has 0 saturated carbocycles. The number of likely N-dealkylation sites (tertiary alicyclic amines) is 1. The second-order valence-electron chi connectivity index (χ2n) is 8.60. The Bertz CT molecular complexity index is 1160. The van der Waals surface area contributed by atoms with Crippen LogP contribution in [0.5, 0.6) is 0 Å². The summed E-state index contributed by atoms with van der Waals surface area (Å²) >= 11 is 0. The van der Waals surface area contributed by atoms with Gasteiger partial charge in [-0.1, -0.05) is 66.7 Å². The van der Waals surface area contributed by atoms with Gasteiger partial charge in [0.2, 0.25) is 0 Å². The molecule has 2 heterocycles. The molecule has 1 saturated heterocycles. The van der Waals surface area contributed by atoms with Crippen molar-refractivity contribution in [1.82, 2.24) is 4.90 Å². The van der Waals surface area contributed by atoms with Gasteiger partial charge in [0.25, 0.3) is 0 Å². The number of ether oxygens (including phenoxy) is 1. The zero-order chi connectivity index (χ0) is 22.8. The van der Waals surface area contributed by atoms with Crippen molar-refractivity contribution in [2.45, 2.75) is 38.0 Å². The maximum Gasteiger partial charge on any atom is 0.323 e. The summed E-state index contributed by atoms with van der Waals surface area (Å²) in [6, 6.07) is 24.5. The van der Waals surface area contributed by atoms with Crippen LogP contribution in [0.2, 0.25) is 0 Å². The van der Waals surface area contributed by atoms with E-state index in [4.69, 9.17) is 10.5 Å². The van der Waals surface area contributed by atoms with Crippen molar-refractivity contribution in [2.24, 2.45) is 5.73 Å². The van der Waals surface area contributed by atoms with Crippen molar-refractivity contribution < 1.29 is 14.3 Å². The number of nitrogens with two attached hydrogens (primary N) is 1. The van der Waals surface area contributed by atoms with Crippen molar-refractivity contribution in [1.29, 1.82) is 0 Å². The Kier molecular flexibility index (Phi) is 5.84. The Morgan fingerprint density at radius 3 is 2.39 bits per heavy atom. The molecule has 0 aliphatic carbocycles. The van der Waals surface area contributed by atoms with Gasteiger partial charge in [0.1, 0.15) is 12.1 Å². The number of rotatable bonds is 4. The number of para-hydroxylation sites is 2. The average Bonchev–Trinajstić information content (AvgIpc) is 3.23. The Balaban J connectivity index is 1.43. The topological polar surface area (TPSA) is 75.9 Å². The second-order valence-corrected chi connectivity index (χ2v) is 8.60. The van der Waals surface area contributed by atoms with Gasteiger partial charge in [0, 0.05) is 18.5 Å². The third-order valence-electron chi connectivity index (χ3n) is 6.51. The number of nitrogens with zero attached hydrogens (tertiary/aromatic N) is 2. The lowest BCUT2D eigenvalue weighted by molar-refractivity contribution is -0.155. The number of fused-ring (bicyclic) bond motifs is 2. The van der Waals surface area contributed by atoms with E-state index in [1.54, 1.807) is 0 Å². The Labute approximate surface area is 193 Å². The fraction of sp³-hybridized carbons (Fsp3) is 0.259. The zero-order valence-electron chi connectivity index (χ0n) is 18.4. The Hall–Kier alpha value is -3.64. The summed E-state index contributed by atoms with van der Waals surface area (Å²) in [6.45, 7) is 1.59. The summed E-state index contributed by atoms with van der Waals surface area (Å²) in [6.07, 6.45) is 1.72. The van der Waals surface area contributed by atoms with E-state index in [1.807, 2.05) is 66.7 Å². The van der Waals surface area contributed by atoms with Gasteiger partial charge >= 0.3 is 12.0 Å². The number of benzene rings is 3. The molecule has 2 N–H and O–H groups in total. The molecule has 0 unspecified atom stereocenters. The highest BCUT2D eigenvalue weighted by atomic mass is 16.5. The van der Waals surface area contributed by atoms with Crippen LogP contribution in [0, 0.1) is 0 Å². The number of urea groups is 1. The predicted molar refractivity (Wildman–Crippen MR) is 127 cm³/mol. The SMILES string of the molecule is NC(=O)N1c2ccccc2C[C@@H](OC(=O)[C@@H]2CCCN2Cc2ccccc2)c2ccccc21. The first-order chi connectivity index (χ1) is 16.1. The Morgan fingerprint density at radius 2 is 1.61 bits per heavy atom. The molecule has 0 spiro atoms. The highest BCUT2D eigenvalue weighted by Crippen LogP contribution is 2.41. The third kappa shape index (κ3) is 4.22. The second kappa shape index (κ2) is 9.08. The van der Waals surface area contributed by atoms with E-state index in [1.165, 1.54) is 10.5 Å². The van der Waals surface area contributed by atoms with Crippen molar-refractivity contribution in [2.75, 3.05) is 11.4 Å². The maximum absolute atomic E-state index is 13.4. The number of hydrogen-bond acceptors (Lipinski definition) is 4. The maximum atomic E-state index is 13.4. The van der Waals surface area contributed by atoms with E-state index in [9.17, 15) is 9.59 Å². The Morgan fingerprint density at radius 1 is 0.909 bits per heavy atom. The monoisotopic (exact) mass is 441 g/mol. The van der Waals surface area contributed by atoms with Crippen LogP contribution in [0.15, 0.2) is 78.9 Å². The van der Waals surface area contributed by atoms with Crippen molar-refractivity contribution in [3.05, 3.63) is 95.6 Å². The number of hydrogen-bond donors (Lipinski definition) is 1. The van der Waals surface area contributed by atoms with E-state index in [-0.39, 0.29) is 12.0 Å². The van der Waals surface area contributed by atoms with Crippen LogP contribution < -0.4 is 10.6 Å². The van der Waals surface area contributed by atoms with E-state index in [0.717, 1.165) is 42.7 Å². The average molecular weight is 442 g/mol. The van der Waals surface area contributed by atoms with Crippen LogP contribution in [0.1, 0.15) is 35.6 Å². The first kappa shape index (κ1) is 21.2. The molecule has 33 heavy (non-hydrogen) atoms. The van der Waals surface area contributed by atoms with Crippen LogP contribution in [0.25, 0.3) is 0 Å². The number of esters is 1. The van der Waals surface area contributed by atoms with Gasteiger partial charge in [-0.25, -0.2) is 4.79 Å². The molecular weight excluding hydrogens is 414 g/mol. The van der Waals surface area contributed by atoms with Crippen LogP contribution >= 0.6 is 0 Å². The summed E-state index contributed by atoms with van der Waals surface area (Å²) in [5.74, 6) is -0.215. The predicted octanol–water partition coefficient (Wildman–Crippen LogP) is 4.71. The molecule has 2 aliphatic heterocycles. The van der Waals surface area contributed by atoms with Gasteiger partial charge in [0.15, 0.2) is 0 Å². The fourth-order valence-corrected chi connectivity index (χ4v) is 4.97.